The predicted octanol–water partition coefficient (Wildman–Crippen LogP) is 1.37. The molecule has 0 saturated heterocycles. The average molecular weight is 156 g/mol. The second kappa shape index (κ2) is 2.59. The average Bonchev–Trinajstić information content (AvgIpc) is 1.95. The number of aliphatic hydroxyl groups excluding tert-OH is 1. The zero-order chi connectivity index (χ0) is 8.65. The molecule has 0 aromatic carbocycles. The van der Waals surface area contributed by atoms with Gasteiger partial charge in [-0.1, -0.05) is 20.8 Å². The fourth-order valence-electron chi connectivity index (χ4n) is 1.70. The lowest BCUT2D eigenvalue weighted by atomic mass is 9.70. The third kappa shape index (κ3) is 1.32. The van der Waals surface area contributed by atoms with Crippen molar-refractivity contribution in [2.75, 3.05) is 0 Å². The van der Waals surface area contributed by atoms with Crippen molar-refractivity contribution in [3.8, 4) is 0 Å². The Bertz CT molecular complexity index is 172. The van der Waals surface area contributed by atoms with E-state index in [1.807, 2.05) is 20.8 Å². The molecule has 1 N–H and O–H groups in total. The van der Waals surface area contributed by atoms with Gasteiger partial charge in [-0.2, -0.15) is 0 Å². The monoisotopic (exact) mass is 156 g/mol. The van der Waals surface area contributed by atoms with Crippen LogP contribution < -0.4 is 0 Å². The van der Waals surface area contributed by atoms with E-state index in [0.29, 0.717) is 0 Å². The minimum atomic E-state index is -0.516. The molecule has 11 heavy (non-hydrogen) atoms. The van der Waals surface area contributed by atoms with Gasteiger partial charge < -0.3 is 5.11 Å². The van der Waals surface area contributed by atoms with Gasteiger partial charge >= 0.3 is 0 Å². The zero-order valence-electron chi connectivity index (χ0n) is 7.42. The Balaban J connectivity index is 2.81. The summed E-state index contributed by atoms with van der Waals surface area (Å²) < 4.78 is 0. The molecule has 0 heterocycles. The van der Waals surface area contributed by atoms with Crippen LogP contribution >= 0.6 is 0 Å². The smallest absolute Gasteiger partial charge is 0.143 e. The van der Waals surface area contributed by atoms with E-state index in [-0.39, 0.29) is 11.7 Å². The van der Waals surface area contributed by atoms with Crippen molar-refractivity contribution in [2.45, 2.75) is 39.7 Å². The maximum Gasteiger partial charge on any atom is 0.143 e. The van der Waals surface area contributed by atoms with E-state index >= 15 is 0 Å². The Hall–Kier alpha value is -0.370. The fraction of sp³-hybridized carbons (Fsp3) is 0.889. The first-order valence-corrected chi connectivity index (χ1v) is 4.18. The molecule has 0 aliphatic heterocycles. The second-order valence-corrected chi connectivity index (χ2v) is 4.08. The summed E-state index contributed by atoms with van der Waals surface area (Å²) in [4.78, 5) is 11.5. The predicted molar refractivity (Wildman–Crippen MR) is 43.2 cm³/mol. The first kappa shape index (κ1) is 8.72. The Kier molecular flexibility index (Phi) is 2.06. The molecule has 0 spiro atoms. The van der Waals surface area contributed by atoms with E-state index in [1.165, 1.54) is 0 Å². The molecule has 1 aliphatic rings. The quantitative estimate of drug-likeness (QED) is 0.575. The third-order valence-corrected chi connectivity index (χ3v) is 2.79. The van der Waals surface area contributed by atoms with E-state index in [0.717, 1.165) is 12.8 Å². The highest BCUT2D eigenvalue weighted by Gasteiger charge is 2.41. The third-order valence-electron chi connectivity index (χ3n) is 2.79. The molecule has 1 saturated carbocycles. The molecule has 0 amide bonds. The molecule has 1 fully saturated rings. The van der Waals surface area contributed by atoms with E-state index in [4.69, 9.17) is 0 Å². The van der Waals surface area contributed by atoms with Crippen LogP contribution in [0.3, 0.4) is 0 Å². The molecule has 0 bridgehead atoms. The Morgan fingerprint density at radius 2 is 2.00 bits per heavy atom. The van der Waals surface area contributed by atoms with Crippen molar-refractivity contribution in [1.29, 1.82) is 0 Å². The van der Waals surface area contributed by atoms with Gasteiger partial charge in [0.25, 0.3) is 0 Å². The van der Waals surface area contributed by atoms with Crippen molar-refractivity contribution >= 4 is 5.78 Å². The molecule has 64 valence electrons. The van der Waals surface area contributed by atoms with Gasteiger partial charge in [-0.05, 0) is 12.8 Å². The number of hydrogen-bond acceptors (Lipinski definition) is 2. The maximum absolute atomic E-state index is 11.5. The first-order valence-electron chi connectivity index (χ1n) is 4.18. The summed E-state index contributed by atoms with van der Waals surface area (Å²) in [6.45, 7) is 5.60. The summed E-state index contributed by atoms with van der Waals surface area (Å²) >= 11 is 0. The summed E-state index contributed by atoms with van der Waals surface area (Å²) in [6.07, 6.45) is 1.16. The minimum Gasteiger partial charge on any atom is -0.392 e. The molecule has 0 aromatic heterocycles. The van der Waals surface area contributed by atoms with Gasteiger partial charge in [0.1, 0.15) is 5.78 Å². The molecule has 2 heteroatoms. The van der Waals surface area contributed by atoms with Crippen LogP contribution in [0.2, 0.25) is 0 Å². The fourth-order valence-corrected chi connectivity index (χ4v) is 1.70. The second-order valence-electron chi connectivity index (χ2n) is 4.08. The lowest BCUT2D eigenvalue weighted by Gasteiger charge is -2.36. The van der Waals surface area contributed by atoms with Crippen LogP contribution in [-0.4, -0.2) is 17.0 Å². The first-order chi connectivity index (χ1) is 4.96. The van der Waals surface area contributed by atoms with Crippen molar-refractivity contribution < 1.29 is 9.90 Å². The molecular weight excluding hydrogens is 140 g/mol. The van der Waals surface area contributed by atoms with E-state index in [2.05, 4.69) is 0 Å². The topological polar surface area (TPSA) is 37.3 Å². The van der Waals surface area contributed by atoms with Crippen LogP contribution in [0.1, 0.15) is 33.6 Å². The normalized spacial score (nSPS) is 37.3. The highest BCUT2D eigenvalue weighted by atomic mass is 16.3. The molecular formula is C9H16O2. The molecule has 0 aromatic rings. The SMILES string of the molecule is CC1CCC(O)C(C)(C)C1=O. The lowest BCUT2D eigenvalue weighted by Crippen LogP contribution is -2.44. The van der Waals surface area contributed by atoms with Gasteiger partial charge in [0.15, 0.2) is 0 Å². The standard InChI is InChI=1S/C9H16O2/c1-6-4-5-7(10)9(2,3)8(6)11/h6-7,10H,4-5H2,1-3H3. The molecule has 1 aliphatic carbocycles. The van der Waals surface area contributed by atoms with Crippen LogP contribution in [0.25, 0.3) is 0 Å². The summed E-state index contributed by atoms with van der Waals surface area (Å²) in [5.41, 5.74) is -0.516. The number of Topliss-reactive ketones (excluding diaryl/α,β-unsaturated/α-hetero) is 1. The molecule has 0 radical (unpaired) electrons. The number of rotatable bonds is 0. The number of carbonyl (C=O) groups is 1. The Morgan fingerprint density at radius 1 is 1.45 bits per heavy atom. The van der Waals surface area contributed by atoms with Crippen LogP contribution in [0.5, 0.6) is 0 Å². The Morgan fingerprint density at radius 3 is 2.45 bits per heavy atom. The van der Waals surface area contributed by atoms with Gasteiger partial charge in [-0.25, -0.2) is 0 Å². The number of ketones is 1. The summed E-state index contributed by atoms with van der Waals surface area (Å²) in [5, 5.41) is 9.50. The zero-order valence-corrected chi connectivity index (χ0v) is 7.42. The molecule has 1 rings (SSSR count). The number of hydrogen-bond donors (Lipinski definition) is 1. The van der Waals surface area contributed by atoms with Crippen LogP contribution in [0.4, 0.5) is 0 Å². The van der Waals surface area contributed by atoms with Gasteiger partial charge in [-0.15, -0.1) is 0 Å². The van der Waals surface area contributed by atoms with Crippen LogP contribution in [0, 0.1) is 11.3 Å². The summed E-state index contributed by atoms with van der Waals surface area (Å²) in [7, 11) is 0. The van der Waals surface area contributed by atoms with Crippen LogP contribution in [-0.2, 0) is 4.79 Å². The van der Waals surface area contributed by atoms with E-state index in [9.17, 15) is 9.90 Å². The van der Waals surface area contributed by atoms with Crippen molar-refractivity contribution in [2.24, 2.45) is 11.3 Å². The molecule has 2 atom stereocenters. The maximum atomic E-state index is 11.5. The highest BCUT2D eigenvalue weighted by molar-refractivity contribution is 5.87. The summed E-state index contributed by atoms with van der Waals surface area (Å²) in [5.74, 6) is 0.338. The largest absolute Gasteiger partial charge is 0.392 e. The number of carbonyl (C=O) groups excluding carboxylic acids is 1. The number of aliphatic hydroxyl groups is 1. The van der Waals surface area contributed by atoms with E-state index < -0.39 is 11.5 Å². The van der Waals surface area contributed by atoms with Crippen molar-refractivity contribution in [3.63, 3.8) is 0 Å². The molecule has 2 unspecified atom stereocenters. The lowest BCUT2D eigenvalue weighted by molar-refractivity contribution is -0.141. The van der Waals surface area contributed by atoms with Crippen LogP contribution in [0.15, 0.2) is 0 Å². The van der Waals surface area contributed by atoms with Gasteiger partial charge in [0.2, 0.25) is 0 Å². The van der Waals surface area contributed by atoms with Gasteiger partial charge in [0, 0.05) is 11.3 Å². The summed E-state index contributed by atoms with van der Waals surface area (Å²) in [6, 6.07) is 0. The van der Waals surface area contributed by atoms with E-state index in [1.54, 1.807) is 0 Å². The van der Waals surface area contributed by atoms with Gasteiger partial charge in [-0.3, -0.25) is 4.79 Å². The van der Waals surface area contributed by atoms with Crippen molar-refractivity contribution in [3.05, 3.63) is 0 Å². The highest BCUT2D eigenvalue weighted by Crippen LogP contribution is 2.35. The van der Waals surface area contributed by atoms with Crippen molar-refractivity contribution in [1.82, 2.24) is 0 Å². The Labute approximate surface area is 67.6 Å². The minimum absolute atomic E-state index is 0.133. The molecule has 2 nitrogen and oxygen atoms in total. The van der Waals surface area contributed by atoms with Gasteiger partial charge in [0.05, 0.1) is 6.10 Å².